The predicted molar refractivity (Wildman–Crippen MR) is 59.1 cm³/mol. The van der Waals surface area contributed by atoms with Gasteiger partial charge in [0.05, 0.1) is 26.2 Å². The molecule has 0 saturated carbocycles. The van der Waals surface area contributed by atoms with Crippen LogP contribution in [0.4, 0.5) is 8.78 Å². The molecular formula is C12H14F2O4. The Hall–Kier alpha value is -1.69. The molecule has 6 heteroatoms. The molecule has 0 spiro atoms. The number of ether oxygens (including phenoxy) is 2. The first-order valence-electron chi connectivity index (χ1n) is 5.36. The second-order valence-electron chi connectivity index (χ2n) is 3.53. The van der Waals surface area contributed by atoms with E-state index in [1.807, 2.05) is 0 Å². The quantitative estimate of drug-likeness (QED) is 0.822. The number of halogens is 2. The average Bonchev–Trinajstić information content (AvgIpc) is 2.31. The van der Waals surface area contributed by atoms with Crippen LogP contribution in [0.5, 0.6) is 5.75 Å². The Labute approximate surface area is 103 Å². The summed E-state index contributed by atoms with van der Waals surface area (Å²) in [6.07, 6.45) is -1.89. The molecule has 4 nitrogen and oxygen atoms in total. The van der Waals surface area contributed by atoms with Gasteiger partial charge in [-0.15, -0.1) is 0 Å². The number of aliphatic hydroxyl groups is 1. The fraction of sp³-hybridized carbons (Fsp3) is 0.417. The van der Waals surface area contributed by atoms with Gasteiger partial charge >= 0.3 is 5.97 Å². The topological polar surface area (TPSA) is 55.8 Å². The van der Waals surface area contributed by atoms with E-state index < -0.39 is 30.1 Å². The molecule has 0 aliphatic rings. The zero-order valence-electron chi connectivity index (χ0n) is 10.1. The molecule has 1 N–H and O–H groups in total. The Morgan fingerprint density at radius 2 is 2.06 bits per heavy atom. The Kier molecular flexibility index (Phi) is 5.03. The van der Waals surface area contributed by atoms with Crippen molar-refractivity contribution in [1.29, 1.82) is 0 Å². The molecule has 0 fully saturated rings. The average molecular weight is 260 g/mol. The van der Waals surface area contributed by atoms with Crippen LogP contribution >= 0.6 is 0 Å². The third-order valence-electron chi connectivity index (χ3n) is 2.30. The lowest BCUT2D eigenvalue weighted by atomic mass is 10.1. The number of esters is 1. The van der Waals surface area contributed by atoms with E-state index in [2.05, 4.69) is 9.47 Å². The zero-order chi connectivity index (χ0) is 13.7. The van der Waals surface area contributed by atoms with Crippen molar-refractivity contribution < 1.29 is 28.2 Å². The van der Waals surface area contributed by atoms with Gasteiger partial charge in [0, 0.05) is 11.6 Å². The third-order valence-corrected chi connectivity index (χ3v) is 2.30. The van der Waals surface area contributed by atoms with E-state index >= 15 is 0 Å². The SMILES string of the molecule is CCOC(=O)CC(O)c1cc(F)c(OC)cc1F. The molecule has 1 aromatic rings. The fourth-order valence-corrected chi connectivity index (χ4v) is 1.44. The van der Waals surface area contributed by atoms with Crippen LogP contribution in [0.1, 0.15) is 25.0 Å². The molecular weight excluding hydrogens is 246 g/mol. The molecule has 18 heavy (non-hydrogen) atoms. The van der Waals surface area contributed by atoms with Crippen molar-refractivity contribution in [2.24, 2.45) is 0 Å². The van der Waals surface area contributed by atoms with Crippen LogP contribution in [0, 0.1) is 11.6 Å². The monoisotopic (exact) mass is 260 g/mol. The van der Waals surface area contributed by atoms with E-state index in [-0.39, 0.29) is 17.9 Å². The lowest BCUT2D eigenvalue weighted by molar-refractivity contribution is -0.145. The van der Waals surface area contributed by atoms with Gasteiger partial charge in [-0.3, -0.25) is 4.79 Å². The highest BCUT2D eigenvalue weighted by molar-refractivity contribution is 5.70. The lowest BCUT2D eigenvalue weighted by Gasteiger charge is -2.12. The van der Waals surface area contributed by atoms with Crippen LogP contribution in [0.2, 0.25) is 0 Å². The highest BCUT2D eigenvalue weighted by Gasteiger charge is 2.20. The van der Waals surface area contributed by atoms with E-state index in [1.165, 1.54) is 7.11 Å². The van der Waals surface area contributed by atoms with Crippen LogP contribution in [0.15, 0.2) is 12.1 Å². The molecule has 0 saturated heterocycles. The maximum Gasteiger partial charge on any atom is 0.308 e. The lowest BCUT2D eigenvalue weighted by Crippen LogP contribution is -2.11. The number of benzene rings is 1. The number of carbonyl (C=O) groups is 1. The molecule has 1 atom stereocenters. The number of hydrogen-bond donors (Lipinski definition) is 1. The van der Waals surface area contributed by atoms with Crippen LogP contribution in [-0.2, 0) is 9.53 Å². The van der Waals surface area contributed by atoms with Gasteiger partial charge in [-0.1, -0.05) is 0 Å². The molecule has 0 aliphatic heterocycles. The van der Waals surface area contributed by atoms with Crippen molar-refractivity contribution in [3.8, 4) is 5.75 Å². The molecule has 0 bridgehead atoms. The van der Waals surface area contributed by atoms with Gasteiger partial charge in [0.25, 0.3) is 0 Å². The summed E-state index contributed by atoms with van der Waals surface area (Å²) in [4.78, 5) is 11.1. The molecule has 0 aromatic heterocycles. The normalized spacial score (nSPS) is 12.1. The largest absolute Gasteiger partial charge is 0.494 e. The van der Waals surface area contributed by atoms with Crippen LogP contribution < -0.4 is 4.74 Å². The van der Waals surface area contributed by atoms with Crippen molar-refractivity contribution >= 4 is 5.97 Å². The molecule has 0 aliphatic carbocycles. The third kappa shape index (κ3) is 3.40. The highest BCUT2D eigenvalue weighted by Crippen LogP contribution is 2.27. The Morgan fingerprint density at radius 3 is 2.61 bits per heavy atom. The zero-order valence-corrected chi connectivity index (χ0v) is 10.1. The summed E-state index contributed by atoms with van der Waals surface area (Å²) in [5.41, 5.74) is -0.304. The standard InChI is InChI=1S/C12H14F2O4/c1-3-18-12(16)6-10(15)7-4-9(14)11(17-2)5-8(7)13/h4-5,10,15H,3,6H2,1-2H3. The van der Waals surface area contributed by atoms with E-state index in [4.69, 9.17) is 0 Å². The van der Waals surface area contributed by atoms with Crippen molar-refractivity contribution in [1.82, 2.24) is 0 Å². The van der Waals surface area contributed by atoms with E-state index in [1.54, 1.807) is 6.92 Å². The Balaban J connectivity index is 2.89. The molecule has 0 radical (unpaired) electrons. The van der Waals surface area contributed by atoms with Crippen LogP contribution in [0.3, 0.4) is 0 Å². The van der Waals surface area contributed by atoms with Gasteiger partial charge in [-0.05, 0) is 13.0 Å². The van der Waals surface area contributed by atoms with Crippen molar-refractivity contribution in [2.45, 2.75) is 19.4 Å². The maximum atomic E-state index is 13.5. The second kappa shape index (κ2) is 6.30. The summed E-state index contributed by atoms with van der Waals surface area (Å²) in [5, 5.41) is 9.64. The second-order valence-corrected chi connectivity index (χ2v) is 3.53. The first-order valence-corrected chi connectivity index (χ1v) is 5.36. The van der Waals surface area contributed by atoms with Gasteiger partial charge in [0.2, 0.25) is 0 Å². The molecule has 0 amide bonds. The van der Waals surface area contributed by atoms with E-state index in [0.717, 1.165) is 12.1 Å². The Morgan fingerprint density at radius 1 is 1.39 bits per heavy atom. The predicted octanol–water partition coefficient (Wildman–Crippen LogP) is 1.96. The maximum absolute atomic E-state index is 13.5. The van der Waals surface area contributed by atoms with E-state index in [0.29, 0.717) is 0 Å². The number of aliphatic hydroxyl groups excluding tert-OH is 1. The number of hydrogen-bond acceptors (Lipinski definition) is 4. The molecule has 0 heterocycles. The van der Waals surface area contributed by atoms with Crippen LogP contribution in [0.25, 0.3) is 0 Å². The molecule has 1 unspecified atom stereocenters. The van der Waals surface area contributed by atoms with Gasteiger partial charge in [0.1, 0.15) is 5.82 Å². The number of carbonyl (C=O) groups excluding carboxylic acids is 1. The smallest absolute Gasteiger partial charge is 0.308 e. The fourth-order valence-electron chi connectivity index (χ4n) is 1.44. The first kappa shape index (κ1) is 14.4. The summed E-state index contributed by atoms with van der Waals surface area (Å²) in [6, 6.07) is 1.62. The summed E-state index contributed by atoms with van der Waals surface area (Å²) in [6.45, 7) is 1.77. The van der Waals surface area contributed by atoms with Gasteiger partial charge in [-0.25, -0.2) is 8.78 Å². The minimum absolute atomic E-state index is 0.158. The molecule has 100 valence electrons. The van der Waals surface area contributed by atoms with Crippen molar-refractivity contribution in [3.05, 3.63) is 29.3 Å². The van der Waals surface area contributed by atoms with Crippen molar-refractivity contribution in [3.63, 3.8) is 0 Å². The number of rotatable bonds is 5. The summed E-state index contributed by atoms with van der Waals surface area (Å²) >= 11 is 0. The molecule has 1 rings (SSSR count). The summed E-state index contributed by atoms with van der Waals surface area (Å²) < 4.78 is 36.1. The minimum Gasteiger partial charge on any atom is -0.494 e. The molecule has 1 aromatic carbocycles. The van der Waals surface area contributed by atoms with Gasteiger partial charge in [0.15, 0.2) is 11.6 Å². The highest BCUT2D eigenvalue weighted by atomic mass is 19.1. The van der Waals surface area contributed by atoms with Crippen LogP contribution in [-0.4, -0.2) is 24.8 Å². The minimum atomic E-state index is -1.45. The Bertz CT molecular complexity index is 434. The number of methoxy groups -OCH3 is 1. The van der Waals surface area contributed by atoms with Gasteiger partial charge < -0.3 is 14.6 Å². The van der Waals surface area contributed by atoms with Gasteiger partial charge in [-0.2, -0.15) is 0 Å². The summed E-state index contributed by atoms with van der Waals surface area (Å²) in [7, 11) is 1.20. The van der Waals surface area contributed by atoms with E-state index in [9.17, 15) is 18.7 Å². The first-order chi connectivity index (χ1) is 8.49. The summed E-state index contributed by atoms with van der Waals surface area (Å²) in [5.74, 6) is -2.60. The van der Waals surface area contributed by atoms with Crippen molar-refractivity contribution in [2.75, 3.05) is 13.7 Å².